The molecular weight excluding hydrogens is 403 g/mol. The van der Waals surface area contributed by atoms with Crippen molar-refractivity contribution in [3.05, 3.63) is 51.7 Å². The topological polar surface area (TPSA) is 49.3 Å². The Hall–Kier alpha value is -2.21. The standard InChI is InChI=1S/C23H30ClFN4O/c1-14(2)21-18(13-17-19(24)7-6-8-20(17)25)22(27-16(5)26-21)28-9-11-29(12-10-28)23(30)15(3)4/h6-8,14-15H,9-13H2,1-5H3. The molecule has 30 heavy (non-hydrogen) atoms. The Kier molecular flexibility index (Phi) is 6.96. The molecule has 7 heteroatoms. The smallest absolute Gasteiger partial charge is 0.225 e. The van der Waals surface area contributed by atoms with Gasteiger partial charge in [0.25, 0.3) is 0 Å². The number of aromatic nitrogens is 2. The molecule has 0 radical (unpaired) electrons. The van der Waals surface area contributed by atoms with Crippen molar-refractivity contribution in [2.75, 3.05) is 31.1 Å². The van der Waals surface area contributed by atoms with Gasteiger partial charge in [-0.3, -0.25) is 4.79 Å². The van der Waals surface area contributed by atoms with E-state index in [0.29, 0.717) is 49.0 Å². The lowest BCUT2D eigenvalue weighted by Gasteiger charge is -2.37. The maximum Gasteiger partial charge on any atom is 0.225 e. The average Bonchev–Trinajstić information content (AvgIpc) is 2.70. The molecule has 0 aliphatic carbocycles. The van der Waals surface area contributed by atoms with Gasteiger partial charge in [-0.05, 0) is 25.0 Å². The minimum Gasteiger partial charge on any atom is -0.353 e. The Morgan fingerprint density at radius 1 is 1.10 bits per heavy atom. The fraction of sp³-hybridized carbons (Fsp3) is 0.522. The van der Waals surface area contributed by atoms with Gasteiger partial charge in [0, 0.05) is 54.7 Å². The Labute approximate surface area is 183 Å². The second-order valence-electron chi connectivity index (χ2n) is 8.46. The summed E-state index contributed by atoms with van der Waals surface area (Å²) in [4.78, 5) is 25.9. The monoisotopic (exact) mass is 432 g/mol. The van der Waals surface area contributed by atoms with Crippen molar-refractivity contribution in [3.8, 4) is 0 Å². The van der Waals surface area contributed by atoms with E-state index in [1.807, 2.05) is 25.7 Å². The predicted molar refractivity (Wildman–Crippen MR) is 119 cm³/mol. The summed E-state index contributed by atoms with van der Waals surface area (Å²) in [5, 5.41) is 0.406. The number of amides is 1. The van der Waals surface area contributed by atoms with Gasteiger partial charge >= 0.3 is 0 Å². The highest BCUT2D eigenvalue weighted by atomic mass is 35.5. The molecule has 3 rings (SSSR count). The number of carbonyl (C=O) groups is 1. The van der Waals surface area contributed by atoms with Gasteiger partial charge in [0.2, 0.25) is 5.91 Å². The van der Waals surface area contributed by atoms with Gasteiger partial charge < -0.3 is 9.80 Å². The van der Waals surface area contributed by atoms with Gasteiger partial charge in [-0.1, -0.05) is 45.4 Å². The molecule has 1 fully saturated rings. The van der Waals surface area contributed by atoms with Crippen molar-refractivity contribution < 1.29 is 9.18 Å². The zero-order valence-electron chi connectivity index (χ0n) is 18.4. The Morgan fingerprint density at radius 3 is 2.33 bits per heavy atom. The summed E-state index contributed by atoms with van der Waals surface area (Å²) in [6.45, 7) is 12.6. The third-order valence-corrected chi connectivity index (χ3v) is 5.83. The quantitative estimate of drug-likeness (QED) is 0.693. The first-order valence-electron chi connectivity index (χ1n) is 10.5. The minimum atomic E-state index is -0.323. The van der Waals surface area contributed by atoms with E-state index in [4.69, 9.17) is 16.6 Å². The normalized spacial score (nSPS) is 14.7. The highest BCUT2D eigenvalue weighted by molar-refractivity contribution is 6.31. The Balaban J connectivity index is 1.98. The second-order valence-corrected chi connectivity index (χ2v) is 8.86. The number of anilines is 1. The first kappa shape index (κ1) is 22.5. The van der Waals surface area contributed by atoms with Crippen molar-refractivity contribution in [3.63, 3.8) is 0 Å². The first-order chi connectivity index (χ1) is 14.2. The van der Waals surface area contributed by atoms with Crippen molar-refractivity contribution in [2.45, 2.75) is 47.0 Å². The SMILES string of the molecule is Cc1nc(C(C)C)c(Cc2c(F)cccc2Cl)c(N2CCN(C(=O)C(C)C)CC2)n1. The van der Waals surface area contributed by atoms with Gasteiger partial charge in [0.1, 0.15) is 17.5 Å². The van der Waals surface area contributed by atoms with Crippen LogP contribution in [0.15, 0.2) is 18.2 Å². The third kappa shape index (κ3) is 4.75. The van der Waals surface area contributed by atoms with Crippen LogP contribution < -0.4 is 4.90 Å². The lowest BCUT2D eigenvalue weighted by Crippen LogP contribution is -2.50. The molecule has 0 atom stereocenters. The minimum absolute atomic E-state index is 0.0100. The van der Waals surface area contributed by atoms with Gasteiger partial charge in [-0.15, -0.1) is 0 Å². The number of nitrogens with zero attached hydrogens (tertiary/aromatic N) is 4. The molecule has 1 saturated heterocycles. The molecule has 1 aliphatic heterocycles. The summed E-state index contributed by atoms with van der Waals surface area (Å²) >= 11 is 6.33. The van der Waals surface area contributed by atoms with E-state index in [1.54, 1.807) is 12.1 Å². The lowest BCUT2D eigenvalue weighted by molar-refractivity contribution is -0.134. The predicted octanol–water partition coefficient (Wildman–Crippen LogP) is 4.60. The number of rotatable bonds is 5. The molecule has 2 aromatic rings. The van der Waals surface area contributed by atoms with Crippen LogP contribution in [0, 0.1) is 18.7 Å². The number of hydrogen-bond donors (Lipinski definition) is 0. The number of piperazine rings is 1. The lowest BCUT2D eigenvalue weighted by atomic mass is 9.97. The molecule has 0 N–H and O–H groups in total. The van der Waals surface area contributed by atoms with E-state index < -0.39 is 0 Å². The summed E-state index contributed by atoms with van der Waals surface area (Å²) in [5.74, 6) is 1.52. The maximum absolute atomic E-state index is 14.6. The first-order valence-corrected chi connectivity index (χ1v) is 10.9. The van der Waals surface area contributed by atoms with E-state index >= 15 is 0 Å². The highest BCUT2D eigenvalue weighted by Gasteiger charge is 2.27. The average molecular weight is 433 g/mol. The van der Waals surface area contributed by atoms with Crippen LogP contribution in [0.3, 0.4) is 0 Å². The number of hydrogen-bond acceptors (Lipinski definition) is 4. The molecule has 0 unspecified atom stereocenters. The number of carbonyl (C=O) groups excluding carboxylic acids is 1. The zero-order valence-corrected chi connectivity index (χ0v) is 19.1. The molecule has 1 aromatic carbocycles. The van der Waals surface area contributed by atoms with Crippen LogP contribution in [0.25, 0.3) is 0 Å². The fourth-order valence-electron chi connectivity index (χ4n) is 3.89. The van der Waals surface area contributed by atoms with Crippen molar-refractivity contribution in [1.82, 2.24) is 14.9 Å². The van der Waals surface area contributed by atoms with Crippen LogP contribution in [0.1, 0.15) is 56.3 Å². The van der Waals surface area contributed by atoms with E-state index in [1.165, 1.54) is 6.07 Å². The van der Waals surface area contributed by atoms with Crippen molar-refractivity contribution in [2.24, 2.45) is 5.92 Å². The summed E-state index contributed by atoms with van der Waals surface area (Å²) in [7, 11) is 0. The van der Waals surface area contributed by atoms with E-state index in [-0.39, 0.29) is 23.6 Å². The maximum atomic E-state index is 14.6. The van der Waals surface area contributed by atoms with E-state index in [2.05, 4.69) is 23.7 Å². The molecule has 162 valence electrons. The molecule has 0 saturated carbocycles. The number of benzene rings is 1. The summed E-state index contributed by atoms with van der Waals surface area (Å²) in [5.41, 5.74) is 2.28. The van der Waals surface area contributed by atoms with Gasteiger partial charge in [-0.2, -0.15) is 0 Å². The van der Waals surface area contributed by atoms with Crippen LogP contribution >= 0.6 is 11.6 Å². The molecule has 0 spiro atoms. The van der Waals surface area contributed by atoms with Crippen LogP contribution in [-0.2, 0) is 11.2 Å². The number of aryl methyl sites for hydroxylation is 1. The zero-order chi connectivity index (χ0) is 22.0. The summed E-state index contributed by atoms with van der Waals surface area (Å²) < 4.78 is 14.6. The molecule has 1 aromatic heterocycles. The molecule has 1 aliphatic rings. The van der Waals surface area contributed by atoms with E-state index in [9.17, 15) is 9.18 Å². The van der Waals surface area contributed by atoms with Crippen LogP contribution in [0.5, 0.6) is 0 Å². The van der Waals surface area contributed by atoms with Gasteiger partial charge in [0.05, 0.1) is 5.69 Å². The van der Waals surface area contributed by atoms with Crippen LogP contribution in [0.2, 0.25) is 5.02 Å². The van der Waals surface area contributed by atoms with E-state index in [0.717, 1.165) is 17.1 Å². The largest absolute Gasteiger partial charge is 0.353 e. The summed E-state index contributed by atoms with van der Waals surface area (Å²) in [6.07, 6.45) is 0.333. The highest BCUT2D eigenvalue weighted by Crippen LogP contribution is 2.32. The molecule has 5 nitrogen and oxygen atoms in total. The second kappa shape index (κ2) is 9.29. The van der Waals surface area contributed by atoms with Crippen LogP contribution in [-0.4, -0.2) is 47.0 Å². The molecule has 2 heterocycles. The van der Waals surface area contributed by atoms with Crippen molar-refractivity contribution >= 4 is 23.3 Å². The summed E-state index contributed by atoms with van der Waals surface area (Å²) in [6, 6.07) is 4.75. The van der Waals surface area contributed by atoms with Crippen LogP contribution in [0.4, 0.5) is 10.2 Å². The molecular formula is C23H30ClFN4O. The molecule has 0 bridgehead atoms. The Bertz CT molecular complexity index is 903. The number of halogens is 2. The fourth-order valence-corrected chi connectivity index (χ4v) is 4.12. The van der Waals surface area contributed by atoms with Gasteiger partial charge in [0.15, 0.2) is 0 Å². The van der Waals surface area contributed by atoms with Crippen molar-refractivity contribution in [1.29, 1.82) is 0 Å². The Morgan fingerprint density at radius 2 is 1.77 bits per heavy atom. The molecule has 1 amide bonds. The van der Waals surface area contributed by atoms with Gasteiger partial charge in [-0.25, -0.2) is 14.4 Å². The third-order valence-electron chi connectivity index (χ3n) is 5.48.